The number of amides is 1. The lowest BCUT2D eigenvalue weighted by atomic mass is 10.0. The number of carbonyl (C=O) groups is 1. The minimum atomic E-state index is -3.64. The summed E-state index contributed by atoms with van der Waals surface area (Å²) in [5.74, 6) is -1.21. The molecule has 0 spiro atoms. The van der Waals surface area contributed by atoms with Crippen LogP contribution < -0.4 is 4.72 Å². The molecule has 20 heavy (non-hydrogen) atoms. The standard InChI is InChI=1S/C13H19FN2O3S/c1-13(2,3)9-20(18,19)16-12(17)5-4-10-6-11(14)8-15-7-10/h6-8H,4-5,9H2,1-3H3,(H,16,17). The van der Waals surface area contributed by atoms with Crippen molar-refractivity contribution in [2.24, 2.45) is 5.41 Å². The zero-order valence-electron chi connectivity index (χ0n) is 11.8. The van der Waals surface area contributed by atoms with E-state index in [-0.39, 0.29) is 18.6 Å². The molecular weight excluding hydrogens is 283 g/mol. The van der Waals surface area contributed by atoms with E-state index in [1.165, 1.54) is 12.3 Å². The van der Waals surface area contributed by atoms with E-state index in [2.05, 4.69) is 4.98 Å². The van der Waals surface area contributed by atoms with Crippen LogP contribution in [-0.4, -0.2) is 25.1 Å². The molecule has 1 N–H and O–H groups in total. The van der Waals surface area contributed by atoms with Gasteiger partial charge in [-0.3, -0.25) is 14.5 Å². The van der Waals surface area contributed by atoms with Crippen molar-refractivity contribution < 1.29 is 17.6 Å². The molecule has 0 aliphatic heterocycles. The van der Waals surface area contributed by atoms with Crippen LogP contribution in [0.15, 0.2) is 18.5 Å². The summed E-state index contributed by atoms with van der Waals surface area (Å²) >= 11 is 0. The normalized spacial score (nSPS) is 12.2. The van der Waals surface area contributed by atoms with Crippen LogP contribution >= 0.6 is 0 Å². The molecule has 112 valence electrons. The summed E-state index contributed by atoms with van der Waals surface area (Å²) in [4.78, 5) is 15.3. The topological polar surface area (TPSA) is 76.1 Å². The number of nitrogens with one attached hydrogen (secondary N) is 1. The van der Waals surface area contributed by atoms with Gasteiger partial charge in [0, 0.05) is 12.6 Å². The molecule has 1 rings (SSSR count). The highest BCUT2D eigenvalue weighted by molar-refractivity contribution is 7.90. The number of sulfonamides is 1. The summed E-state index contributed by atoms with van der Waals surface area (Å²) < 4.78 is 38.3. The van der Waals surface area contributed by atoms with E-state index in [9.17, 15) is 17.6 Å². The number of rotatable bonds is 5. The molecule has 0 bridgehead atoms. The minimum Gasteiger partial charge on any atom is -0.274 e. The van der Waals surface area contributed by atoms with Crippen LogP contribution in [0.25, 0.3) is 0 Å². The van der Waals surface area contributed by atoms with E-state index >= 15 is 0 Å². The zero-order valence-corrected chi connectivity index (χ0v) is 12.6. The highest BCUT2D eigenvalue weighted by Gasteiger charge is 2.23. The third kappa shape index (κ3) is 6.60. The summed E-state index contributed by atoms with van der Waals surface area (Å²) in [5.41, 5.74) is 0.117. The van der Waals surface area contributed by atoms with Crippen molar-refractivity contribution in [2.75, 3.05) is 5.75 Å². The smallest absolute Gasteiger partial charge is 0.235 e. The second-order valence-electron chi connectivity index (χ2n) is 5.86. The van der Waals surface area contributed by atoms with Crippen LogP contribution in [0, 0.1) is 11.2 Å². The first-order valence-electron chi connectivity index (χ1n) is 6.20. The molecule has 5 nitrogen and oxygen atoms in total. The molecule has 0 aliphatic rings. The van der Waals surface area contributed by atoms with Crippen molar-refractivity contribution in [3.63, 3.8) is 0 Å². The van der Waals surface area contributed by atoms with Crippen molar-refractivity contribution in [1.82, 2.24) is 9.71 Å². The van der Waals surface area contributed by atoms with E-state index in [0.29, 0.717) is 5.56 Å². The Hall–Kier alpha value is -1.50. The van der Waals surface area contributed by atoms with Gasteiger partial charge < -0.3 is 0 Å². The minimum absolute atomic E-state index is 0.0332. The molecule has 0 unspecified atom stereocenters. The molecule has 1 aromatic rings. The van der Waals surface area contributed by atoms with Gasteiger partial charge in [0.05, 0.1) is 11.9 Å². The highest BCUT2D eigenvalue weighted by Crippen LogP contribution is 2.15. The third-order valence-corrected chi connectivity index (χ3v) is 4.08. The number of hydrogen-bond donors (Lipinski definition) is 1. The average molecular weight is 302 g/mol. The first kappa shape index (κ1) is 16.6. The van der Waals surface area contributed by atoms with E-state index < -0.39 is 27.2 Å². The SMILES string of the molecule is CC(C)(C)CS(=O)(=O)NC(=O)CCc1cncc(F)c1. The Balaban J connectivity index is 2.52. The maximum absolute atomic E-state index is 12.9. The number of halogens is 1. The molecule has 0 saturated carbocycles. The van der Waals surface area contributed by atoms with Gasteiger partial charge in [-0.15, -0.1) is 0 Å². The van der Waals surface area contributed by atoms with Gasteiger partial charge in [-0.1, -0.05) is 20.8 Å². The predicted molar refractivity (Wildman–Crippen MR) is 73.9 cm³/mol. The second kappa shape index (κ2) is 6.30. The van der Waals surface area contributed by atoms with Gasteiger partial charge in [-0.25, -0.2) is 12.8 Å². The molecule has 0 aromatic carbocycles. The Morgan fingerprint density at radius 1 is 1.35 bits per heavy atom. The first-order chi connectivity index (χ1) is 9.07. The molecule has 0 atom stereocenters. The molecular formula is C13H19FN2O3S. The van der Waals surface area contributed by atoms with Gasteiger partial charge in [0.25, 0.3) is 0 Å². The quantitative estimate of drug-likeness (QED) is 0.897. The fourth-order valence-electron chi connectivity index (χ4n) is 1.68. The fourth-order valence-corrected chi connectivity index (χ4v) is 3.34. The molecule has 0 aliphatic carbocycles. The van der Waals surface area contributed by atoms with E-state index in [1.807, 2.05) is 4.72 Å². The van der Waals surface area contributed by atoms with Crippen LogP contribution in [0.3, 0.4) is 0 Å². The van der Waals surface area contributed by atoms with Crippen LogP contribution in [-0.2, 0) is 21.2 Å². The maximum Gasteiger partial charge on any atom is 0.235 e. The van der Waals surface area contributed by atoms with Gasteiger partial charge in [0.2, 0.25) is 15.9 Å². The van der Waals surface area contributed by atoms with Crippen LogP contribution in [0.5, 0.6) is 0 Å². The number of aromatic nitrogens is 1. The van der Waals surface area contributed by atoms with Crippen molar-refractivity contribution in [3.05, 3.63) is 29.8 Å². The largest absolute Gasteiger partial charge is 0.274 e. The van der Waals surface area contributed by atoms with Crippen molar-refractivity contribution in [2.45, 2.75) is 33.6 Å². The Labute approximate surface area is 118 Å². The molecule has 1 amide bonds. The summed E-state index contributed by atoms with van der Waals surface area (Å²) in [6.07, 6.45) is 2.72. The lowest BCUT2D eigenvalue weighted by Gasteiger charge is -2.18. The van der Waals surface area contributed by atoms with Crippen LogP contribution in [0.4, 0.5) is 4.39 Å². The Morgan fingerprint density at radius 3 is 2.55 bits per heavy atom. The molecule has 7 heteroatoms. The molecule has 1 aromatic heterocycles. The Morgan fingerprint density at radius 2 is 2.00 bits per heavy atom. The Kier molecular flexibility index (Phi) is 5.21. The number of carbonyl (C=O) groups excluding carboxylic acids is 1. The van der Waals surface area contributed by atoms with Gasteiger partial charge in [-0.05, 0) is 23.5 Å². The number of pyridine rings is 1. The second-order valence-corrected chi connectivity index (χ2v) is 7.58. The maximum atomic E-state index is 12.9. The fraction of sp³-hybridized carbons (Fsp3) is 0.538. The average Bonchev–Trinajstić information content (AvgIpc) is 2.22. The highest BCUT2D eigenvalue weighted by atomic mass is 32.2. The van der Waals surface area contributed by atoms with Gasteiger partial charge in [0.15, 0.2) is 0 Å². The van der Waals surface area contributed by atoms with Crippen LogP contribution in [0.2, 0.25) is 0 Å². The molecule has 0 saturated heterocycles. The lowest BCUT2D eigenvalue weighted by molar-refractivity contribution is -0.119. The van der Waals surface area contributed by atoms with Gasteiger partial charge in [-0.2, -0.15) is 0 Å². The van der Waals surface area contributed by atoms with Crippen molar-refractivity contribution in [1.29, 1.82) is 0 Å². The summed E-state index contributed by atoms with van der Waals surface area (Å²) in [6.45, 7) is 5.32. The predicted octanol–water partition coefficient (Wildman–Crippen LogP) is 1.65. The third-order valence-electron chi connectivity index (χ3n) is 2.29. The van der Waals surface area contributed by atoms with E-state index in [1.54, 1.807) is 20.8 Å². The first-order valence-corrected chi connectivity index (χ1v) is 7.85. The zero-order chi connectivity index (χ0) is 15.4. The number of nitrogens with zero attached hydrogens (tertiary/aromatic N) is 1. The van der Waals surface area contributed by atoms with Gasteiger partial charge in [0.1, 0.15) is 5.82 Å². The number of aryl methyl sites for hydroxylation is 1. The summed E-state index contributed by atoms with van der Waals surface area (Å²) in [5, 5.41) is 0. The Bertz CT molecular complexity index is 580. The van der Waals surface area contributed by atoms with Crippen molar-refractivity contribution >= 4 is 15.9 Å². The van der Waals surface area contributed by atoms with Gasteiger partial charge >= 0.3 is 0 Å². The van der Waals surface area contributed by atoms with E-state index in [0.717, 1.165) is 6.20 Å². The molecule has 0 fully saturated rings. The summed E-state index contributed by atoms with van der Waals surface area (Å²) in [7, 11) is -3.64. The summed E-state index contributed by atoms with van der Waals surface area (Å²) in [6, 6.07) is 1.27. The monoisotopic (exact) mass is 302 g/mol. The number of hydrogen-bond acceptors (Lipinski definition) is 4. The lowest BCUT2D eigenvalue weighted by Crippen LogP contribution is -2.36. The van der Waals surface area contributed by atoms with Crippen LogP contribution in [0.1, 0.15) is 32.8 Å². The van der Waals surface area contributed by atoms with E-state index in [4.69, 9.17) is 0 Å². The molecule has 1 heterocycles. The molecule has 0 radical (unpaired) electrons. The van der Waals surface area contributed by atoms with Crippen molar-refractivity contribution in [3.8, 4) is 0 Å².